The number of hydrogen-bond donors (Lipinski definition) is 2. The number of rotatable bonds is 6. The van der Waals surface area contributed by atoms with Crippen LogP contribution in [-0.4, -0.2) is 34.1 Å². The Balaban J connectivity index is 2.47. The van der Waals surface area contributed by atoms with Crippen LogP contribution < -0.4 is 5.32 Å². The molecular formula is C12H22ClN3O. The molecule has 4 nitrogen and oxygen atoms in total. The van der Waals surface area contributed by atoms with Crippen molar-refractivity contribution >= 4 is 11.6 Å². The van der Waals surface area contributed by atoms with Crippen molar-refractivity contribution < 1.29 is 5.11 Å². The Kier molecular flexibility index (Phi) is 5.43. The lowest BCUT2D eigenvalue weighted by molar-refractivity contribution is 0.168. The lowest BCUT2D eigenvalue weighted by Crippen LogP contribution is -2.31. The summed E-state index contributed by atoms with van der Waals surface area (Å²) in [5.74, 6) is 0.588. The van der Waals surface area contributed by atoms with E-state index in [2.05, 4.69) is 24.3 Å². The van der Waals surface area contributed by atoms with Crippen LogP contribution >= 0.6 is 11.6 Å². The van der Waals surface area contributed by atoms with Crippen LogP contribution in [0.5, 0.6) is 0 Å². The molecule has 98 valence electrons. The van der Waals surface area contributed by atoms with E-state index in [4.69, 9.17) is 11.6 Å². The maximum Gasteiger partial charge on any atom is 0.0847 e. The van der Waals surface area contributed by atoms with Gasteiger partial charge in [0.15, 0.2) is 0 Å². The molecule has 0 bridgehead atoms. The summed E-state index contributed by atoms with van der Waals surface area (Å²) < 4.78 is 1.74. The van der Waals surface area contributed by atoms with Crippen molar-refractivity contribution in [3.8, 4) is 0 Å². The molecule has 0 saturated carbocycles. The molecule has 1 atom stereocenters. The van der Waals surface area contributed by atoms with Crippen LogP contribution in [0.4, 0.5) is 0 Å². The minimum absolute atomic E-state index is 0.430. The highest BCUT2D eigenvalue weighted by Gasteiger charge is 2.15. The van der Waals surface area contributed by atoms with E-state index >= 15 is 0 Å². The summed E-state index contributed by atoms with van der Waals surface area (Å²) in [6.07, 6.45) is 0.0995. The molecule has 1 aromatic heterocycles. The van der Waals surface area contributed by atoms with Gasteiger partial charge in [-0.1, -0.05) is 25.4 Å². The molecule has 1 heterocycles. The maximum absolute atomic E-state index is 9.91. The molecule has 1 rings (SSSR count). The molecule has 0 spiro atoms. The zero-order chi connectivity index (χ0) is 13.0. The van der Waals surface area contributed by atoms with Crippen molar-refractivity contribution in [2.75, 3.05) is 13.1 Å². The normalized spacial score (nSPS) is 13.4. The molecule has 0 aromatic carbocycles. The van der Waals surface area contributed by atoms with Crippen molar-refractivity contribution in [3.63, 3.8) is 0 Å². The largest absolute Gasteiger partial charge is 0.391 e. The molecule has 0 saturated heterocycles. The number of hydrogen-bond acceptors (Lipinski definition) is 3. The SMILES string of the molecule is Cc1nn(C)c(CC(O)CNCC(C)C)c1Cl. The predicted octanol–water partition coefficient (Wildman–Crippen LogP) is 1.53. The molecule has 0 radical (unpaired) electrons. The third kappa shape index (κ3) is 4.30. The van der Waals surface area contributed by atoms with Gasteiger partial charge in [0, 0.05) is 20.0 Å². The van der Waals surface area contributed by atoms with Crippen LogP contribution in [-0.2, 0) is 13.5 Å². The molecule has 0 aliphatic rings. The van der Waals surface area contributed by atoms with Crippen LogP contribution in [0, 0.1) is 12.8 Å². The van der Waals surface area contributed by atoms with Crippen molar-refractivity contribution in [2.45, 2.75) is 33.3 Å². The zero-order valence-corrected chi connectivity index (χ0v) is 11.8. The summed E-state index contributed by atoms with van der Waals surface area (Å²) in [5.41, 5.74) is 1.70. The van der Waals surface area contributed by atoms with E-state index < -0.39 is 6.10 Å². The Hall–Kier alpha value is -0.580. The van der Waals surface area contributed by atoms with Gasteiger partial charge in [-0.3, -0.25) is 4.68 Å². The van der Waals surface area contributed by atoms with Crippen LogP contribution in [0.1, 0.15) is 25.2 Å². The fraction of sp³-hybridized carbons (Fsp3) is 0.750. The molecule has 0 aliphatic heterocycles. The van der Waals surface area contributed by atoms with E-state index in [9.17, 15) is 5.11 Å². The molecular weight excluding hydrogens is 238 g/mol. The van der Waals surface area contributed by atoms with E-state index in [0.717, 1.165) is 17.9 Å². The first-order chi connectivity index (χ1) is 7.91. The summed E-state index contributed by atoms with van der Waals surface area (Å²) in [6.45, 7) is 7.64. The van der Waals surface area contributed by atoms with Crippen molar-refractivity contribution in [2.24, 2.45) is 13.0 Å². The molecule has 0 amide bonds. The lowest BCUT2D eigenvalue weighted by Gasteiger charge is -2.13. The highest BCUT2D eigenvalue weighted by Crippen LogP contribution is 2.20. The first-order valence-corrected chi connectivity index (χ1v) is 6.36. The third-order valence-corrected chi connectivity index (χ3v) is 3.11. The van der Waals surface area contributed by atoms with Gasteiger partial charge in [0.25, 0.3) is 0 Å². The van der Waals surface area contributed by atoms with Gasteiger partial charge < -0.3 is 10.4 Å². The summed E-state index contributed by atoms with van der Waals surface area (Å²) in [6, 6.07) is 0. The molecule has 1 unspecified atom stereocenters. The smallest absolute Gasteiger partial charge is 0.0847 e. The summed E-state index contributed by atoms with van der Waals surface area (Å²) >= 11 is 6.13. The Morgan fingerprint density at radius 2 is 2.06 bits per heavy atom. The number of aliphatic hydroxyl groups excluding tert-OH is 1. The van der Waals surface area contributed by atoms with E-state index in [0.29, 0.717) is 23.9 Å². The monoisotopic (exact) mass is 259 g/mol. The average molecular weight is 260 g/mol. The standard InChI is InChI=1S/C12H22ClN3O/c1-8(2)6-14-7-10(17)5-11-12(13)9(3)15-16(11)4/h8,10,14,17H,5-7H2,1-4H3. The third-order valence-electron chi connectivity index (χ3n) is 2.62. The fourth-order valence-electron chi connectivity index (χ4n) is 1.74. The van der Waals surface area contributed by atoms with Crippen LogP contribution in [0.15, 0.2) is 0 Å². The zero-order valence-electron chi connectivity index (χ0n) is 11.0. The molecule has 2 N–H and O–H groups in total. The fourth-order valence-corrected chi connectivity index (χ4v) is 1.97. The van der Waals surface area contributed by atoms with E-state index in [-0.39, 0.29) is 0 Å². The van der Waals surface area contributed by atoms with Crippen LogP contribution in [0.25, 0.3) is 0 Å². The first-order valence-electron chi connectivity index (χ1n) is 5.98. The lowest BCUT2D eigenvalue weighted by atomic mass is 10.1. The second-order valence-corrected chi connectivity index (χ2v) is 5.26. The Morgan fingerprint density at radius 1 is 1.41 bits per heavy atom. The highest BCUT2D eigenvalue weighted by atomic mass is 35.5. The first kappa shape index (κ1) is 14.5. The highest BCUT2D eigenvalue weighted by molar-refractivity contribution is 6.31. The van der Waals surface area contributed by atoms with Gasteiger partial charge in [0.2, 0.25) is 0 Å². The maximum atomic E-state index is 9.91. The molecule has 0 aliphatic carbocycles. The second-order valence-electron chi connectivity index (χ2n) is 4.88. The Morgan fingerprint density at radius 3 is 2.53 bits per heavy atom. The van der Waals surface area contributed by atoms with Gasteiger partial charge >= 0.3 is 0 Å². The number of nitrogens with one attached hydrogen (secondary N) is 1. The van der Waals surface area contributed by atoms with Crippen molar-refractivity contribution in [1.82, 2.24) is 15.1 Å². The second kappa shape index (κ2) is 6.38. The minimum atomic E-state index is -0.430. The molecule has 17 heavy (non-hydrogen) atoms. The quantitative estimate of drug-likeness (QED) is 0.815. The predicted molar refractivity (Wildman–Crippen MR) is 70.4 cm³/mol. The number of aryl methyl sites for hydroxylation is 2. The van der Waals surface area contributed by atoms with Crippen molar-refractivity contribution in [3.05, 3.63) is 16.4 Å². The van der Waals surface area contributed by atoms with E-state index in [1.807, 2.05) is 14.0 Å². The number of aromatic nitrogens is 2. The van der Waals surface area contributed by atoms with Crippen LogP contribution in [0.2, 0.25) is 5.02 Å². The van der Waals surface area contributed by atoms with Gasteiger partial charge in [0.1, 0.15) is 0 Å². The number of aliphatic hydroxyl groups is 1. The van der Waals surface area contributed by atoms with Gasteiger partial charge in [0.05, 0.1) is 22.5 Å². The summed E-state index contributed by atoms with van der Waals surface area (Å²) in [4.78, 5) is 0. The van der Waals surface area contributed by atoms with Gasteiger partial charge in [-0.2, -0.15) is 5.10 Å². The Bertz CT molecular complexity index is 363. The van der Waals surface area contributed by atoms with Gasteiger partial charge in [-0.15, -0.1) is 0 Å². The molecule has 5 heteroatoms. The van der Waals surface area contributed by atoms with E-state index in [1.165, 1.54) is 0 Å². The Labute approximate surface area is 108 Å². The number of halogens is 1. The topological polar surface area (TPSA) is 50.1 Å². The van der Waals surface area contributed by atoms with Gasteiger partial charge in [-0.05, 0) is 19.4 Å². The van der Waals surface area contributed by atoms with Crippen LogP contribution in [0.3, 0.4) is 0 Å². The minimum Gasteiger partial charge on any atom is -0.391 e. The average Bonchev–Trinajstić information content (AvgIpc) is 2.44. The van der Waals surface area contributed by atoms with E-state index in [1.54, 1.807) is 4.68 Å². The number of nitrogens with zero attached hydrogens (tertiary/aromatic N) is 2. The van der Waals surface area contributed by atoms with Crippen molar-refractivity contribution in [1.29, 1.82) is 0 Å². The molecule has 0 fully saturated rings. The van der Waals surface area contributed by atoms with Gasteiger partial charge in [-0.25, -0.2) is 0 Å². The summed E-state index contributed by atoms with van der Waals surface area (Å²) in [5, 5.41) is 18.0. The summed E-state index contributed by atoms with van der Waals surface area (Å²) in [7, 11) is 1.85. The molecule has 1 aromatic rings.